The summed E-state index contributed by atoms with van der Waals surface area (Å²) in [5.74, 6) is -2.09. The van der Waals surface area contributed by atoms with Crippen molar-refractivity contribution >= 4 is 40.7 Å². The number of hydrogen-bond acceptors (Lipinski definition) is 5. The molecule has 4 atom stereocenters. The van der Waals surface area contributed by atoms with E-state index in [1.54, 1.807) is 24.3 Å². The number of carbonyl (C=O) groups excluding carboxylic acids is 2. The first kappa shape index (κ1) is 22.9. The Morgan fingerprint density at radius 3 is 2.81 bits per heavy atom. The molecule has 2 amide bonds. The number of hydrogen-bond donors (Lipinski definition) is 5. The lowest BCUT2D eigenvalue weighted by molar-refractivity contribution is -0.123. The van der Waals surface area contributed by atoms with Gasteiger partial charge in [-0.15, -0.1) is 0 Å². The molecule has 4 rings (SSSR count). The highest BCUT2D eigenvalue weighted by Crippen LogP contribution is 2.52. The summed E-state index contributed by atoms with van der Waals surface area (Å²) in [4.78, 5) is 26.4. The first-order chi connectivity index (χ1) is 15.3. The molecule has 5 N–H and O–H groups in total. The van der Waals surface area contributed by atoms with E-state index in [2.05, 4.69) is 16.0 Å². The highest BCUT2D eigenvalue weighted by Gasteiger charge is 2.60. The molecule has 2 heterocycles. The van der Waals surface area contributed by atoms with Gasteiger partial charge < -0.3 is 26.2 Å². The zero-order chi connectivity index (χ0) is 23.0. The van der Waals surface area contributed by atoms with Crippen LogP contribution in [0.2, 0.25) is 10.0 Å². The number of halogens is 3. The quantitative estimate of drug-likeness (QED) is 0.433. The molecular weight excluding hydrogens is 460 g/mol. The van der Waals surface area contributed by atoms with Crippen molar-refractivity contribution in [3.05, 3.63) is 63.4 Å². The van der Waals surface area contributed by atoms with Gasteiger partial charge in [-0.05, 0) is 41.8 Å². The molecule has 0 aromatic heterocycles. The van der Waals surface area contributed by atoms with E-state index in [-0.39, 0.29) is 36.3 Å². The van der Waals surface area contributed by atoms with Crippen LogP contribution >= 0.6 is 23.2 Å². The van der Waals surface area contributed by atoms with Gasteiger partial charge in [0.2, 0.25) is 11.8 Å². The van der Waals surface area contributed by atoms with E-state index in [1.165, 1.54) is 12.1 Å². The normalized spacial score (nSPS) is 25.0. The van der Waals surface area contributed by atoms with Crippen molar-refractivity contribution in [2.45, 2.75) is 29.9 Å². The van der Waals surface area contributed by atoms with E-state index >= 15 is 0 Å². The standard InChI is InChI=1S/C22H22Cl2FN3O4/c23-12-3-1-2-11(6-12)18-19(20(31)26-5-4-13(30)9-29)27-10-22(18)14-7-16(25)15(24)8-17(14)28-21(22)32/h1-3,6-8,13,18-19,27,29-30H,4-5,9-10H2,(H,26,31)(H,28,32). The maximum absolute atomic E-state index is 14.4. The molecule has 1 fully saturated rings. The fraction of sp³-hybridized carbons (Fsp3) is 0.364. The van der Waals surface area contributed by atoms with Crippen LogP contribution in [0.1, 0.15) is 23.5 Å². The molecule has 1 saturated heterocycles. The average molecular weight is 482 g/mol. The molecule has 2 aliphatic rings. The molecule has 32 heavy (non-hydrogen) atoms. The SMILES string of the molecule is O=C(NCCC(O)CO)C1NCC2(C(=O)Nc3cc(Cl)c(F)cc32)C1c1cccc(Cl)c1. The molecule has 0 saturated carbocycles. The summed E-state index contributed by atoms with van der Waals surface area (Å²) in [6.45, 7) is -0.167. The maximum atomic E-state index is 14.4. The summed E-state index contributed by atoms with van der Waals surface area (Å²) in [6, 6.07) is 8.67. The molecule has 10 heteroatoms. The van der Waals surface area contributed by atoms with Crippen LogP contribution in [0.4, 0.5) is 10.1 Å². The van der Waals surface area contributed by atoms with Crippen molar-refractivity contribution in [2.24, 2.45) is 0 Å². The Kier molecular flexibility index (Phi) is 6.42. The number of fused-ring (bicyclic) bond motifs is 2. The fourth-order valence-electron chi connectivity index (χ4n) is 4.63. The Hall–Kier alpha value is -2.23. The zero-order valence-electron chi connectivity index (χ0n) is 16.9. The summed E-state index contributed by atoms with van der Waals surface area (Å²) in [5, 5.41) is 27.5. The Balaban J connectivity index is 1.75. The molecule has 0 aliphatic carbocycles. The van der Waals surface area contributed by atoms with Crippen LogP contribution in [-0.4, -0.2) is 53.9 Å². The molecule has 7 nitrogen and oxygen atoms in total. The van der Waals surface area contributed by atoms with Crippen LogP contribution in [0.25, 0.3) is 0 Å². The van der Waals surface area contributed by atoms with E-state index in [0.29, 0.717) is 21.8 Å². The number of aliphatic hydroxyl groups is 2. The van der Waals surface area contributed by atoms with Gasteiger partial charge in [0.25, 0.3) is 0 Å². The molecule has 2 aromatic rings. The minimum atomic E-state index is -1.25. The summed E-state index contributed by atoms with van der Waals surface area (Å²) in [6.07, 6.45) is -0.767. The maximum Gasteiger partial charge on any atom is 0.237 e. The molecule has 2 aromatic carbocycles. The van der Waals surface area contributed by atoms with Crippen molar-refractivity contribution in [1.29, 1.82) is 0 Å². The third-order valence-electron chi connectivity index (χ3n) is 6.14. The van der Waals surface area contributed by atoms with Gasteiger partial charge in [0, 0.05) is 29.7 Å². The third kappa shape index (κ3) is 3.86. The zero-order valence-corrected chi connectivity index (χ0v) is 18.4. The van der Waals surface area contributed by atoms with Crippen LogP contribution in [0.3, 0.4) is 0 Å². The highest BCUT2D eigenvalue weighted by atomic mass is 35.5. The number of nitrogens with one attached hydrogen (secondary N) is 3. The second kappa shape index (κ2) is 8.96. The average Bonchev–Trinajstić information content (AvgIpc) is 3.28. The number of aliphatic hydroxyl groups excluding tert-OH is 2. The summed E-state index contributed by atoms with van der Waals surface area (Å²) in [7, 11) is 0. The van der Waals surface area contributed by atoms with Gasteiger partial charge in [-0.2, -0.15) is 0 Å². The van der Waals surface area contributed by atoms with Gasteiger partial charge in [-0.3, -0.25) is 9.59 Å². The van der Waals surface area contributed by atoms with Crippen molar-refractivity contribution in [3.63, 3.8) is 0 Å². The van der Waals surface area contributed by atoms with E-state index < -0.39 is 35.9 Å². The lowest BCUT2D eigenvalue weighted by Gasteiger charge is -2.31. The predicted molar refractivity (Wildman–Crippen MR) is 118 cm³/mol. The largest absolute Gasteiger partial charge is 0.394 e. The smallest absolute Gasteiger partial charge is 0.237 e. The Morgan fingerprint density at radius 2 is 2.09 bits per heavy atom. The van der Waals surface area contributed by atoms with Crippen LogP contribution in [0, 0.1) is 5.82 Å². The topological polar surface area (TPSA) is 111 Å². The monoisotopic (exact) mass is 481 g/mol. The fourth-order valence-corrected chi connectivity index (χ4v) is 4.99. The van der Waals surface area contributed by atoms with Crippen molar-refractivity contribution in [3.8, 4) is 0 Å². The molecule has 0 radical (unpaired) electrons. The van der Waals surface area contributed by atoms with E-state index in [0.717, 1.165) is 0 Å². The van der Waals surface area contributed by atoms with Gasteiger partial charge in [0.15, 0.2) is 0 Å². The summed E-state index contributed by atoms with van der Waals surface area (Å²) in [5.41, 5.74) is 0.226. The summed E-state index contributed by atoms with van der Waals surface area (Å²) >= 11 is 12.1. The van der Waals surface area contributed by atoms with Crippen molar-refractivity contribution in [2.75, 3.05) is 25.0 Å². The molecule has 170 valence electrons. The Bertz CT molecular complexity index is 1070. The highest BCUT2D eigenvalue weighted by molar-refractivity contribution is 6.31. The van der Waals surface area contributed by atoms with Crippen LogP contribution in [0.15, 0.2) is 36.4 Å². The summed E-state index contributed by atoms with van der Waals surface area (Å²) < 4.78 is 14.4. The van der Waals surface area contributed by atoms with Gasteiger partial charge in [0.1, 0.15) is 5.82 Å². The van der Waals surface area contributed by atoms with Crippen molar-refractivity contribution in [1.82, 2.24) is 10.6 Å². The van der Waals surface area contributed by atoms with Gasteiger partial charge >= 0.3 is 0 Å². The molecule has 4 unspecified atom stereocenters. The molecule has 2 aliphatic heterocycles. The Labute approximate surface area is 193 Å². The minimum Gasteiger partial charge on any atom is -0.394 e. The molecular formula is C22H22Cl2FN3O4. The third-order valence-corrected chi connectivity index (χ3v) is 6.66. The van der Waals surface area contributed by atoms with Gasteiger partial charge in [-0.25, -0.2) is 4.39 Å². The minimum absolute atomic E-state index is 0.0986. The van der Waals surface area contributed by atoms with Gasteiger partial charge in [-0.1, -0.05) is 35.3 Å². The Morgan fingerprint density at radius 1 is 1.31 bits per heavy atom. The van der Waals surface area contributed by atoms with E-state index in [1.807, 2.05) is 0 Å². The predicted octanol–water partition coefficient (Wildman–Crippen LogP) is 1.94. The number of rotatable bonds is 6. The first-order valence-electron chi connectivity index (χ1n) is 10.1. The van der Waals surface area contributed by atoms with Crippen LogP contribution in [-0.2, 0) is 15.0 Å². The number of benzene rings is 2. The number of amides is 2. The second-order valence-electron chi connectivity index (χ2n) is 8.04. The second-order valence-corrected chi connectivity index (χ2v) is 8.89. The lowest BCUT2D eigenvalue weighted by Crippen LogP contribution is -2.46. The number of anilines is 1. The first-order valence-corrected chi connectivity index (χ1v) is 10.9. The van der Waals surface area contributed by atoms with E-state index in [9.17, 15) is 19.1 Å². The van der Waals surface area contributed by atoms with Crippen molar-refractivity contribution < 1.29 is 24.2 Å². The van der Waals surface area contributed by atoms with Gasteiger partial charge in [0.05, 0.1) is 29.2 Å². The van der Waals surface area contributed by atoms with Crippen LogP contribution in [0.5, 0.6) is 0 Å². The molecule has 1 spiro atoms. The lowest BCUT2D eigenvalue weighted by atomic mass is 9.68. The van der Waals surface area contributed by atoms with E-state index in [4.69, 9.17) is 28.3 Å². The number of carbonyl (C=O) groups is 2. The van der Waals surface area contributed by atoms with Crippen LogP contribution < -0.4 is 16.0 Å². The molecule has 0 bridgehead atoms.